The first-order valence-corrected chi connectivity index (χ1v) is 5.77. The molecule has 0 amide bonds. The number of nitrogens with one attached hydrogen (secondary N) is 2. The monoisotopic (exact) mass is 266 g/mol. The topological polar surface area (TPSA) is 106 Å². The molecule has 0 aliphatic rings. The zero-order valence-corrected chi connectivity index (χ0v) is 10.5. The molecule has 0 radical (unpaired) electrons. The van der Waals surface area contributed by atoms with Gasteiger partial charge in [-0.2, -0.15) is 4.98 Å². The van der Waals surface area contributed by atoms with Crippen LogP contribution in [-0.4, -0.2) is 31.8 Å². The number of anilines is 1. The third-order valence-electron chi connectivity index (χ3n) is 2.04. The molecule has 0 saturated heterocycles. The fourth-order valence-electron chi connectivity index (χ4n) is 1.18. The van der Waals surface area contributed by atoms with Gasteiger partial charge in [0.15, 0.2) is 5.16 Å². The summed E-state index contributed by atoms with van der Waals surface area (Å²) in [5.41, 5.74) is -1.57. The Kier molecular flexibility index (Phi) is 3.42. The summed E-state index contributed by atoms with van der Waals surface area (Å²) in [4.78, 5) is 33.9. The van der Waals surface area contributed by atoms with Gasteiger partial charge in [-0.05, 0) is 11.8 Å². The Morgan fingerprint density at radius 3 is 2.89 bits per heavy atom. The molecule has 94 valence electrons. The molecule has 0 aliphatic heterocycles. The molecule has 0 saturated carbocycles. The second kappa shape index (κ2) is 5.00. The van der Waals surface area contributed by atoms with Crippen LogP contribution in [0.3, 0.4) is 0 Å². The maximum atomic E-state index is 11.2. The molecule has 9 heteroatoms. The molecule has 0 atom stereocenters. The summed E-state index contributed by atoms with van der Waals surface area (Å²) in [5, 5.41) is 6.20. The maximum Gasteiger partial charge on any atom is 0.339 e. The van der Waals surface area contributed by atoms with E-state index in [1.54, 1.807) is 20.2 Å². The van der Waals surface area contributed by atoms with Crippen molar-refractivity contribution in [1.29, 1.82) is 0 Å². The molecule has 0 unspecified atom stereocenters. The SMILES string of the molecule is CNc1cc(Sc2nc(=O)c(=O)[nH]n2C)ncn1. The Bertz CT molecular complexity index is 679. The van der Waals surface area contributed by atoms with Crippen molar-refractivity contribution in [2.45, 2.75) is 10.2 Å². The van der Waals surface area contributed by atoms with Gasteiger partial charge in [0.1, 0.15) is 17.2 Å². The maximum absolute atomic E-state index is 11.2. The van der Waals surface area contributed by atoms with Crippen LogP contribution in [-0.2, 0) is 7.05 Å². The van der Waals surface area contributed by atoms with E-state index < -0.39 is 11.1 Å². The first-order chi connectivity index (χ1) is 8.60. The zero-order chi connectivity index (χ0) is 13.1. The normalized spacial score (nSPS) is 10.3. The highest BCUT2D eigenvalue weighted by Gasteiger charge is 2.07. The Balaban J connectivity index is 2.36. The van der Waals surface area contributed by atoms with Crippen molar-refractivity contribution in [3.63, 3.8) is 0 Å². The second-order valence-corrected chi connectivity index (χ2v) is 4.28. The summed E-state index contributed by atoms with van der Waals surface area (Å²) in [6, 6.07) is 1.71. The minimum absolute atomic E-state index is 0.348. The molecular weight excluding hydrogens is 256 g/mol. The summed E-state index contributed by atoms with van der Waals surface area (Å²) in [6.45, 7) is 0. The summed E-state index contributed by atoms with van der Waals surface area (Å²) < 4.78 is 1.37. The van der Waals surface area contributed by atoms with Gasteiger partial charge in [-0.1, -0.05) is 0 Å². The molecule has 2 aromatic heterocycles. The van der Waals surface area contributed by atoms with Gasteiger partial charge in [-0.25, -0.2) is 9.97 Å². The summed E-state index contributed by atoms with van der Waals surface area (Å²) in [7, 11) is 3.33. The van der Waals surface area contributed by atoms with Crippen LogP contribution in [0.1, 0.15) is 0 Å². The highest BCUT2D eigenvalue weighted by atomic mass is 32.2. The fraction of sp³-hybridized carbons (Fsp3) is 0.222. The smallest absolute Gasteiger partial charge is 0.339 e. The summed E-state index contributed by atoms with van der Waals surface area (Å²) in [6.07, 6.45) is 1.40. The average Bonchev–Trinajstić information content (AvgIpc) is 2.36. The largest absolute Gasteiger partial charge is 0.373 e. The van der Waals surface area contributed by atoms with Gasteiger partial charge >= 0.3 is 11.1 Å². The number of hydrogen-bond donors (Lipinski definition) is 2. The fourth-order valence-corrected chi connectivity index (χ4v) is 1.95. The van der Waals surface area contributed by atoms with Crippen LogP contribution >= 0.6 is 11.8 Å². The van der Waals surface area contributed by atoms with E-state index >= 15 is 0 Å². The molecule has 0 spiro atoms. The van der Waals surface area contributed by atoms with E-state index in [2.05, 4.69) is 25.4 Å². The molecule has 2 heterocycles. The molecule has 2 aromatic rings. The molecular formula is C9H10N6O2S. The minimum atomic E-state index is -0.821. The van der Waals surface area contributed by atoms with Crippen molar-refractivity contribution in [3.8, 4) is 0 Å². The van der Waals surface area contributed by atoms with Crippen LogP contribution < -0.4 is 16.4 Å². The Morgan fingerprint density at radius 1 is 1.39 bits per heavy atom. The summed E-state index contributed by atoms with van der Waals surface area (Å²) >= 11 is 1.16. The molecule has 0 aliphatic carbocycles. The zero-order valence-electron chi connectivity index (χ0n) is 9.67. The highest BCUT2D eigenvalue weighted by molar-refractivity contribution is 7.99. The van der Waals surface area contributed by atoms with Crippen LogP contribution in [0.4, 0.5) is 5.82 Å². The Hall–Kier alpha value is -2.16. The lowest BCUT2D eigenvalue weighted by atomic mass is 10.6. The van der Waals surface area contributed by atoms with E-state index in [0.717, 1.165) is 11.8 Å². The van der Waals surface area contributed by atoms with E-state index in [9.17, 15) is 9.59 Å². The van der Waals surface area contributed by atoms with Gasteiger partial charge in [0, 0.05) is 20.2 Å². The molecule has 8 nitrogen and oxygen atoms in total. The van der Waals surface area contributed by atoms with Crippen molar-refractivity contribution in [1.82, 2.24) is 24.7 Å². The molecule has 0 bridgehead atoms. The molecule has 18 heavy (non-hydrogen) atoms. The number of aryl methyl sites for hydroxylation is 1. The lowest BCUT2D eigenvalue weighted by Gasteiger charge is -2.05. The van der Waals surface area contributed by atoms with Crippen LogP contribution in [0.2, 0.25) is 0 Å². The number of hydrogen-bond acceptors (Lipinski definition) is 7. The lowest BCUT2D eigenvalue weighted by molar-refractivity contribution is 0.596. The van der Waals surface area contributed by atoms with Gasteiger partial charge in [-0.3, -0.25) is 19.4 Å². The lowest BCUT2D eigenvalue weighted by Crippen LogP contribution is -2.33. The average molecular weight is 266 g/mol. The Morgan fingerprint density at radius 2 is 2.17 bits per heavy atom. The molecule has 2 N–H and O–H groups in total. The van der Waals surface area contributed by atoms with Crippen molar-refractivity contribution in [2.24, 2.45) is 7.05 Å². The van der Waals surface area contributed by atoms with Gasteiger partial charge in [-0.15, -0.1) is 0 Å². The standard InChI is InChI=1S/C9H10N6O2S/c1-10-5-3-6(12-4-11-5)18-9-13-7(16)8(17)14-15(9)2/h3-4H,1-2H3,(H,14,17)(H,10,11,12). The second-order valence-electron chi connectivity index (χ2n) is 3.29. The van der Waals surface area contributed by atoms with Crippen molar-refractivity contribution < 1.29 is 0 Å². The van der Waals surface area contributed by atoms with E-state index in [4.69, 9.17) is 0 Å². The van der Waals surface area contributed by atoms with Gasteiger partial charge < -0.3 is 5.32 Å². The third kappa shape index (κ3) is 2.56. The first kappa shape index (κ1) is 12.3. The van der Waals surface area contributed by atoms with Crippen molar-refractivity contribution in [2.75, 3.05) is 12.4 Å². The first-order valence-electron chi connectivity index (χ1n) is 4.95. The number of nitrogens with zero attached hydrogens (tertiary/aromatic N) is 4. The number of rotatable bonds is 3. The number of aromatic amines is 1. The predicted octanol–water partition coefficient (Wildman–Crippen LogP) is -0.549. The van der Waals surface area contributed by atoms with Crippen molar-refractivity contribution >= 4 is 17.6 Å². The van der Waals surface area contributed by atoms with Crippen molar-refractivity contribution in [3.05, 3.63) is 33.1 Å². The third-order valence-corrected chi connectivity index (χ3v) is 3.02. The molecule has 2 rings (SSSR count). The van der Waals surface area contributed by atoms with E-state index in [1.165, 1.54) is 11.0 Å². The van der Waals surface area contributed by atoms with Gasteiger partial charge in [0.2, 0.25) is 0 Å². The quantitative estimate of drug-likeness (QED) is 0.567. The Labute approximate surface area is 105 Å². The van der Waals surface area contributed by atoms with Gasteiger partial charge in [0.05, 0.1) is 0 Å². The number of H-pyrrole nitrogens is 1. The number of aromatic nitrogens is 5. The van der Waals surface area contributed by atoms with Gasteiger partial charge in [0.25, 0.3) is 0 Å². The van der Waals surface area contributed by atoms with E-state index in [0.29, 0.717) is 16.0 Å². The van der Waals surface area contributed by atoms with Crippen LogP contribution in [0, 0.1) is 0 Å². The molecule has 0 aromatic carbocycles. The predicted molar refractivity (Wildman–Crippen MR) is 65.8 cm³/mol. The summed E-state index contributed by atoms with van der Waals surface area (Å²) in [5.74, 6) is 0.655. The minimum Gasteiger partial charge on any atom is -0.373 e. The van der Waals surface area contributed by atoms with E-state index in [1.807, 2.05) is 0 Å². The van der Waals surface area contributed by atoms with Crippen LogP contribution in [0.25, 0.3) is 0 Å². The highest BCUT2D eigenvalue weighted by Crippen LogP contribution is 2.22. The van der Waals surface area contributed by atoms with Crippen LogP contribution in [0.5, 0.6) is 0 Å². The molecule has 0 fully saturated rings. The van der Waals surface area contributed by atoms with Crippen LogP contribution in [0.15, 0.2) is 32.2 Å². The van der Waals surface area contributed by atoms with E-state index in [-0.39, 0.29) is 0 Å².